The summed E-state index contributed by atoms with van der Waals surface area (Å²) < 4.78 is 13.2. The standard InChI is InChI=1S/C50H42N4O/c1-34-35(2)53(33-52(34)41-19-12-18-38(28-41)36-14-8-6-9-15-36)42-20-13-21-43(31-42)55-44-23-24-45-46-29-39(37-16-10-7-11-17-37)22-25-47(46)54(48(45)32-44)49-30-40(26-27-51-49)50(3,4)5/h6-32H,1-5H3. The molecule has 55 heavy (non-hydrogen) atoms. The van der Waals surface area contributed by atoms with E-state index in [-0.39, 0.29) is 5.41 Å². The molecule has 6 aromatic carbocycles. The number of fused-ring (bicyclic) bond motifs is 3. The molecule has 3 heterocycles. The van der Waals surface area contributed by atoms with Crippen LogP contribution in [0.3, 0.4) is 0 Å². The van der Waals surface area contributed by atoms with Crippen LogP contribution in [0, 0.1) is 20.2 Å². The van der Waals surface area contributed by atoms with Crippen LogP contribution in [-0.4, -0.2) is 14.1 Å². The fourth-order valence-electron chi connectivity index (χ4n) is 7.48. The maximum atomic E-state index is 6.67. The molecule has 0 radical (unpaired) electrons. The fraction of sp³-hybridized carbons (Fsp3) is 0.120. The van der Waals surface area contributed by atoms with Crippen molar-refractivity contribution in [2.75, 3.05) is 0 Å². The number of hydrogen-bond donors (Lipinski definition) is 0. The number of nitrogens with zero attached hydrogens (tertiary/aromatic N) is 4. The van der Waals surface area contributed by atoms with Crippen molar-refractivity contribution in [1.82, 2.24) is 14.1 Å². The van der Waals surface area contributed by atoms with Crippen molar-refractivity contribution in [3.63, 3.8) is 0 Å². The minimum atomic E-state index is -0.0181. The van der Waals surface area contributed by atoms with Crippen LogP contribution in [0.2, 0.25) is 0 Å². The van der Waals surface area contributed by atoms with Gasteiger partial charge in [0.15, 0.2) is 0 Å². The van der Waals surface area contributed by atoms with Crippen LogP contribution in [-0.2, 0) is 5.41 Å². The van der Waals surface area contributed by atoms with E-state index in [9.17, 15) is 0 Å². The topological polar surface area (TPSA) is 35.9 Å². The van der Waals surface area contributed by atoms with Gasteiger partial charge in [-0.1, -0.05) is 106 Å². The lowest BCUT2D eigenvalue weighted by molar-refractivity contribution is -0.606. The molecule has 3 aromatic heterocycles. The summed E-state index contributed by atoms with van der Waals surface area (Å²) in [5, 5.41) is 2.32. The van der Waals surface area contributed by atoms with E-state index in [4.69, 9.17) is 9.72 Å². The molecule has 0 saturated heterocycles. The Kier molecular flexibility index (Phi) is 8.43. The summed E-state index contributed by atoms with van der Waals surface area (Å²) in [5.41, 5.74) is 12.3. The van der Waals surface area contributed by atoms with Gasteiger partial charge in [-0.15, -0.1) is 0 Å². The van der Waals surface area contributed by atoms with E-state index in [0.29, 0.717) is 0 Å². The maximum absolute atomic E-state index is 6.67. The van der Waals surface area contributed by atoms with Gasteiger partial charge >= 0.3 is 0 Å². The molecule has 0 aliphatic carbocycles. The van der Waals surface area contributed by atoms with Gasteiger partial charge in [0.1, 0.15) is 17.3 Å². The first-order valence-corrected chi connectivity index (χ1v) is 18.8. The number of hydrogen-bond acceptors (Lipinski definition) is 2. The monoisotopic (exact) mass is 714 g/mol. The molecule has 0 saturated carbocycles. The second-order valence-electron chi connectivity index (χ2n) is 15.2. The summed E-state index contributed by atoms with van der Waals surface area (Å²) in [6.45, 7) is 11.0. The van der Waals surface area contributed by atoms with Crippen molar-refractivity contribution >= 4 is 21.8 Å². The Morgan fingerprint density at radius 2 is 1.27 bits per heavy atom. The van der Waals surface area contributed by atoms with Crippen molar-refractivity contribution in [3.05, 3.63) is 187 Å². The zero-order valence-corrected chi connectivity index (χ0v) is 31.8. The molecular weight excluding hydrogens is 673 g/mol. The number of rotatable bonds is 7. The Morgan fingerprint density at radius 3 is 2.02 bits per heavy atom. The van der Waals surface area contributed by atoms with Gasteiger partial charge in [0.2, 0.25) is 0 Å². The molecule has 0 aliphatic rings. The molecule has 5 nitrogen and oxygen atoms in total. The molecule has 0 amide bonds. The van der Waals surface area contributed by atoms with Crippen LogP contribution in [0.15, 0.2) is 164 Å². The fourth-order valence-corrected chi connectivity index (χ4v) is 7.48. The second-order valence-corrected chi connectivity index (χ2v) is 15.2. The van der Waals surface area contributed by atoms with Crippen molar-refractivity contribution in [2.45, 2.75) is 40.0 Å². The number of pyridine rings is 1. The molecule has 0 atom stereocenters. The Morgan fingerprint density at radius 1 is 0.582 bits per heavy atom. The first-order valence-electron chi connectivity index (χ1n) is 18.8. The van der Waals surface area contributed by atoms with Gasteiger partial charge in [-0.05, 0) is 114 Å². The molecule has 0 fully saturated rings. The summed E-state index contributed by atoms with van der Waals surface area (Å²) in [7, 11) is 0. The minimum Gasteiger partial charge on any atom is -0.458 e. The first-order chi connectivity index (χ1) is 26.7. The highest BCUT2D eigenvalue weighted by Gasteiger charge is 2.19. The SMILES string of the molecule is Cc1c(C)[n+](-c2cccc(-c3ccccc3)c2)[c-]n1-c1cccc(Oc2ccc3c4cc(-c5ccccc5)ccc4n(-c4cc(C(C)(C)C)ccn4)c3c2)c1. The first kappa shape index (κ1) is 34.1. The number of ether oxygens (including phenoxy) is 1. The third-order valence-corrected chi connectivity index (χ3v) is 10.6. The molecule has 0 N–H and O–H groups in total. The predicted octanol–water partition coefficient (Wildman–Crippen LogP) is 12.1. The van der Waals surface area contributed by atoms with E-state index < -0.39 is 0 Å². The van der Waals surface area contributed by atoms with E-state index in [1.54, 1.807) is 0 Å². The Bertz CT molecular complexity index is 2840. The normalized spacial score (nSPS) is 11.7. The zero-order chi connectivity index (χ0) is 37.7. The van der Waals surface area contributed by atoms with Crippen molar-refractivity contribution in [1.29, 1.82) is 0 Å². The number of aromatic nitrogens is 4. The minimum absolute atomic E-state index is 0.0181. The number of imidazole rings is 1. The average Bonchev–Trinajstić information content (AvgIpc) is 3.70. The molecule has 0 spiro atoms. The lowest BCUT2D eigenvalue weighted by atomic mass is 9.88. The summed E-state index contributed by atoms with van der Waals surface area (Å²) in [5.74, 6) is 2.38. The van der Waals surface area contributed by atoms with Crippen LogP contribution in [0.25, 0.3) is 61.3 Å². The lowest BCUT2D eigenvalue weighted by Crippen LogP contribution is -2.32. The predicted molar refractivity (Wildman–Crippen MR) is 224 cm³/mol. The molecule has 0 unspecified atom stereocenters. The van der Waals surface area contributed by atoms with E-state index in [2.05, 4.69) is 194 Å². The van der Waals surface area contributed by atoms with Crippen LogP contribution in [0.1, 0.15) is 37.7 Å². The molecule has 9 rings (SSSR count). The largest absolute Gasteiger partial charge is 0.458 e. The average molecular weight is 715 g/mol. The lowest BCUT2D eigenvalue weighted by Gasteiger charge is -2.20. The third kappa shape index (κ3) is 6.38. The van der Waals surface area contributed by atoms with Gasteiger partial charge in [0.05, 0.1) is 33.8 Å². The van der Waals surface area contributed by atoms with Crippen LogP contribution in [0.4, 0.5) is 0 Å². The van der Waals surface area contributed by atoms with Gasteiger partial charge in [-0.2, -0.15) is 0 Å². The summed E-state index contributed by atoms with van der Waals surface area (Å²) in [4.78, 5) is 4.91. The van der Waals surface area contributed by atoms with Crippen molar-refractivity contribution < 1.29 is 9.30 Å². The molecule has 0 aliphatic heterocycles. The van der Waals surface area contributed by atoms with Crippen molar-refractivity contribution in [2.24, 2.45) is 0 Å². The van der Waals surface area contributed by atoms with Crippen LogP contribution < -0.4 is 9.30 Å². The van der Waals surface area contributed by atoms with E-state index in [1.165, 1.54) is 33.2 Å². The van der Waals surface area contributed by atoms with Crippen molar-refractivity contribution in [3.8, 4) is 50.9 Å². The summed E-state index contributed by atoms with van der Waals surface area (Å²) in [6, 6.07) is 55.3. The van der Waals surface area contributed by atoms with Gasteiger partial charge in [0, 0.05) is 23.0 Å². The van der Waals surface area contributed by atoms with Crippen LogP contribution >= 0.6 is 0 Å². The molecular formula is C50H42N4O. The van der Waals surface area contributed by atoms with Crippen LogP contribution in [0.5, 0.6) is 11.5 Å². The van der Waals surface area contributed by atoms with Gasteiger partial charge in [-0.3, -0.25) is 13.7 Å². The Balaban J connectivity index is 1.10. The third-order valence-electron chi connectivity index (χ3n) is 10.6. The Labute approximate surface area is 322 Å². The molecule has 268 valence electrons. The van der Waals surface area contributed by atoms with E-state index >= 15 is 0 Å². The van der Waals surface area contributed by atoms with Gasteiger partial charge in [-0.25, -0.2) is 4.98 Å². The maximum Gasteiger partial charge on any atom is 0.269 e. The highest BCUT2D eigenvalue weighted by molar-refractivity contribution is 6.10. The van der Waals surface area contributed by atoms with E-state index in [1.807, 2.05) is 24.4 Å². The molecule has 9 aromatic rings. The summed E-state index contributed by atoms with van der Waals surface area (Å²) >= 11 is 0. The smallest absolute Gasteiger partial charge is 0.269 e. The number of benzene rings is 6. The van der Waals surface area contributed by atoms with Gasteiger partial charge < -0.3 is 4.74 Å². The summed E-state index contributed by atoms with van der Waals surface area (Å²) in [6.07, 6.45) is 5.54. The zero-order valence-electron chi connectivity index (χ0n) is 31.8. The molecule has 0 bridgehead atoms. The quantitative estimate of drug-likeness (QED) is 0.122. The highest BCUT2D eigenvalue weighted by Crippen LogP contribution is 2.38. The van der Waals surface area contributed by atoms with Gasteiger partial charge in [0.25, 0.3) is 6.33 Å². The highest BCUT2D eigenvalue weighted by atomic mass is 16.5. The Hall–Kier alpha value is -6.72. The second kappa shape index (κ2) is 13.6. The molecule has 5 heteroatoms. The van der Waals surface area contributed by atoms with E-state index in [0.717, 1.165) is 56.5 Å².